The molecule has 1 aromatic carbocycles. The van der Waals surface area contributed by atoms with Gasteiger partial charge in [0.05, 0.1) is 24.8 Å². The van der Waals surface area contributed by atoms with Gasteiger partial charge >= 0.3 is 26.2 Å². The van der Waals surface area contributed by atoms with Crippen LogP contribution in [-0.2, 0) is 18.7 Å². The van der Waals surface area contributed by atoms with E-state index in [9.17, 15) is 39.4 Å². The normalized spacial score (nSPS) is 18.9. The molecule has 14 nitrogen and oxygen atoms in total. The lowest BCUT2D eigenvalue weighted by Gasteiger charge is -2.33. The van der Waals surface area contributed by atoms with E-state index in [4.69, 9.17) is 9.42 Å². The van der Waals surface area contributed by atoms with E-state index in [0.29, 0.717) is 52.4 Å². The van der Waals surface area contributed by atoms with Gasteiger partial charge in [-0.15, -0.1) is 9.42 Å². The van der Waals surface area contributed by atoms with E-state index in [1.54, 1.807) is 26.8 Å². The second-order valence-corrected chi connectivity index (χ2v) is 9.40. The number of carbonyl (C=O) groups is 3. The molecule has 1 fully saturated rings. The number of aliphatic hydroxyl groups is 1. The van der Waals surface area contributed by atoms with Gasteiger partial charge in [0.15, 0.2) is 6.73 Å². The van der Waals surface area contributed by atoms with Crippen LogP contribution in [-0.4, -0.2) is 142 Å². The van der Waals surface area contributed by atoms with Gasteiger partial charge in [0.2, 0.25) is 0 Å². The number of aliphatic carboxylic acids is 2. The first-order valence-electron chi connectivity index (χ1n) is 11.7. The van der Waals surface area contributed by atoms with Crippen molar-refractivity contribution in [3.8, 4) is 0 Å². The van der Waals surface area contributed by atoms with Crippen LogP contribution < -0.4 is 0 Å². The Bertz CT molecular complexity index is 904. The monoisotopic (exact) mass is 545 g/mol. The summed E-state index contributed by atoms with van der Waals surface area (Å²) in [6.45, 7) is 1.91. The van der Waals surface area contributed by atoms with Crippen LogP contribution in [0.2, 0.25) is 0 Å². The Morgan fingerprint density at radius 3 is 1.73 bits per heavy atom. The maximum atomic E-state index is 11.6. The van der Waals surface area contributed by atoms with Crippen molar-refractivity contribution < 1.29 is 48.8 Å². The van der Waals surface area contributed by atoms with E-state index in [1.807, 2.05) is 4.90 Å². The average molecular weight is 546 g/mol. The van der Waals surface area contributed by atoms with Gasteiger partial charge in [-0.3, -0.25) is 29.2 Å². The molecule has 0 amide bonds. The Morgan fingerprint density at radius 2 is 1.27 bits per heavy atom. The summed E-state index contributed by atoms with van der Waals surface area (Å²) in [5, 5.41) is 39.0. The Balaban J connectivity index is 2.21. The summed E-state index contributed by atoms with van der Waals surface area (Å²) in [7, 11) is -2.83. The molecular weight excluding hydrogens is 511 g/mol. The Labute approximate surface area is 215 Å². The van der Waals surface area contributed by atoms with Crippen LogP contribution >= 0.6 is 8.25 Å². The highest BCUT2D eigenvalue weighted by atomic mass is 31.1. The zero-order valence-electron chi connectivity index (χ0n) is 20.4. The van der Waals surface area contributed by atoms with Crippen molar-refractivity contribution in [1.82, 2.24) is 19.6 Å². The fourth-order valence-electron chi connectivity index (χ4n) is 4.05. The average Bonchev–Trinajstić information content (AvgIpc) is 2.82. The molecule has 1 heterocycles. The largest absolute Gasteiger partial charge is 0.696 e. The zero-order valence-corrected chi connectivity index (χ0v) is 21.3. The fourth-order valence-corrected chi connectivity index (χ4v) is 4.31. The summed E-state index contributed by atoms with van der Waals surface area (Å²) in [5.74, 6) is -3.21. The van der Waals surface area contributed by atoms with Gasteiger partial charge < -0.3 is 20.4 Å². The van der Waals surface area contributed by atoms with Crippen LogP contribution in [0.3, 0.4) is 0 Å². The lowest BCUT2D eigenvalue weighted by Crippen LogP contribution is -2.48. The third kappa shape index (κ3) is 11.6. The number of hydrogen-bond donors (Lipinski definition) is 5. The summed E-state index contributed by atoms with van der Waals surface area (Å²) < 4.78 is 15.8. The molecule has 1 saturated heterocycles. The molecule has 0 spiro atoms. The van der Waals surface area contributed by atoms with Gasteiger partial charge in [0.25, 0.3) is 0 Å². The third-order valence-corrected chi connectivity index (χ3v) is 6.32. The number of benzene rings is 1. The molecular formula is C22H34N4O10P+. The van der Waals surface area contributed by atoms with Gasteiger partial charge in [0, 0.05) is 63.5 Å². The molecule has 1 aliphatic heterocycles. The summed E-state index contributed by atoms with van der Waals surface area (Å²) in [6.07, 6.45) is -1.13. The van der Waals surface area contributed by atoms with Gasteiger partial charge in [-0.05, 0) is 11.6 Å². The molecule has 37 heavy (non-hydrogen) atoms. The van der Waals surface area contributed by atoms with Crippen LogP contribution in [0.4, 0.5) is 0 Å². The Kier molecular flexibility index (Phi) is 13.0. The first kappa shape index (κ1) is 30.7. The van der Waals surface area contributed by atoms with Crippen molar-refractivity contribution in [3.05, 3.63) is 35.4 Å². The molecule has 0 radical (unpaired) electrons. The minimum absolute atomic E-state index is 0.0173. The SMILES string of the molecule is O=C(O)CN1CCN(CO[P+](=O)O)CCN(CC(=O)O)CCN(CC(O)c2ccccc2C(=O)O)CC1. The van der Waals surface area contributed by atoms with E-state index in [-0.39, 0.29) is 37.5 Å². The van der Waals surface area contributed by atoms with Crippen molar-refractivity contribution >= 4 is 26.2 Å². The van der Waals surface area contributed by atoms with Crippen LogP contribution in [0, 0.1) is 0 Å². The fraction of sp³-hybridized carbons (Fsp3) is 0.591. The van der Waals surface area contributed by atoms with E-state index in [1.165, 1.54) is 12.1 Å². The molecule has 206 valence electrons. The van der Waals surface area contributed by atoms with Gasteiger partial charge in [0.1, 0.15) is 0 Å². The standard InChI is InChI=1S/C22H33N4O10P/c27-19(17-3-1-2-4-18(17)22(32)33)13-23-5-7-24(14-20(28)29)9-11-26(16-36-37(34)35)12-10-25(8-6-23)15-21(30)31/h1-4,19,27H,5-16H2,(H3-,28,29,30,31,32,33,34,35)/p+1. The van der Waals surface area contributed by atoms with Gasteiger partial charge in [-0.1, -0.05) is 18.2 Å². The van der Waals surface area contributed by atoms with Crippen molar-refractivity contribution in [3.63, 3.8) is 0 Å². The van der Waals surface area contributed by atoms with E-state index in [2.05, 4.69) is 0 Å². The molecule has 1 aliphatic rings. The molecule has 0 bridgehead atoms. The van der Waals surface area contributed by atoms with Crippen molar-refractivity contribution in [1.29, 1.82) is 0 Å². The second kappa shape index (κ2) is 15.6. The number of aliphatic hydroxyl groups excluding tert-OH is 1. The molecule has 1 aromatic rings. The third-order valence-electron chi connectivity index (χ3n) is 5.98. The Hall–Kier alpha value is -2.55. The molecule has 2 rings (SSSR count). The number of β-amino-alcohol motifs (C(OH)–C–C–N with tert-alkyl or cyclic N) is 1. The van der Waals surface area contributed by atoms with Gasteiger partial charge in [-0.25, -0.2) is 4.79 Å². The second-order valence-electron chi connectivity index (χ2n) is 8.66. The smallest absolute Gasteiger partial charge is 0.480 e. The van der Waals surface area contributed by atoms with Gasteiger partial charge in [-0.2, -0.15) is 0 Å². The van der Waals surface area contributed by atoms with Crippen molar-refractivity contribution in [2.75, 3.05) is 78.7 Å². The maximum Gasteiger partial charge on any atom is 0.696 e. The predicted octanol–water partition coefficient (Wildman–Crippen LogP) is -0.567. The predicted molar refractivity (Wildman–Crippen MR) is 130 cm³/mol. The number of carboxylic acids is 3. The quantitative estimate of drug-likeness (QED) is 0.222. The summed E-state index contributed by atoms with van der Waals surface area (Å²) >= 11 is 0. The first-order valence-corrected chi connectivity index (χ1v) is 12.8. The minimum atomic E-state index is -2.83. The number of nitrogens with zero attached hydrogens (tertiary/aromatic N) is 4. The van der Waals surface area contributed by atoms with Crippen LogP contribution in [0.1, 0.15) is 22.0 Å². The highest BCUT2D eigenvalue weighted by Gasteiger charge is 2.24. The van der Waals surface area contributed by atoms with Crippen LogP contribution in [0.15, 0.2) is 24.3 Å². The summed E-state index contributed by atoms with van der Waals surface area (Å²) in [4.78, 5) is 50.3. The lowest BCUT2D eigenvalue weighted by atomic mass is 10.0. The number of carboxylic acid groups (broad SMARTS) is 3. The lowest BCUT2D eigenvalue weighted by molar-refractivity contribution is -0.139. The first-order chi connectivity index (χ1) is 17.5. The van der Waals surface area contributed by atoms with E-state index < -0.39 is 32.3 Å². The van der Waals surface area contributed by atoms with Crippen molar-refractivity contribution in [2.24, 2.45) is 0 Å². The number of rotatable bonds is 11. The topological polar surface area (TPSA) is 192 Å². The van der Waals surface area contributed by atoms with Crippen LogP contribution in [0.5, 0.6) is 0 Å². The molecule has 0 saturated carbocycles. The zero-order chi connectivity index (χ0) is 27.4. The maximum absolute atomic E-state index is 11.6. The molecule has 0 aromatic heterocycles. The molecule has 0 aliphatic carbocycles. The number of hydrogen-bond acceptors (Lipinski definition) is 10. The highest BCUT2D eigenvalue weighted by molar-refractivity contribution is 7.32. The summed E-state index contributed by atoms with van der Waals surface area (Å²) in [5.41, 5.74) is 0.236. The molecule has 5 N–H and O–H groups in total. The van der Waals surface area contributed by atoms with Crippen LogP contribution in [0.25, 0.3) is 0 Å². The number of aromatic carboxylic acids is 1. The van der Waals surface area contributed by atoms with E-state index >= 15 is 0 Å². The molecule has 15 heteroatoms. The summed E-state index contributed by atoms with van der Waals surface area (Å²) in [6, 6.07) is 6.14. The molecule has 2 atom stereocenters. The van der Waals surface area contributed by atoms with Crippen molar-refractivity contribution in [2.45, 2.75) is 6.10 Å². The van der Waals surface area contributed by atoms with E-state index in [0.717, 1.165) is 0 Å². The molecule has 2 unspecified atom stereocenters. The highest BCUT2D eigenvalue weighted by Crippen LogP contribution is 2.20. The Morgan fingerprint density at radius 1 is 0.811 bits per heavy atom. The minimum Gasteiger partial charge on any atom is -0.480 e.